The summed E-state index contributed by atoms with van der Waals surface area (Å²) >= 11 is 1.24. The number of halogens is 3. The summed E-state index contributed by atoms with van der Waals surface area (Å²) in [5, 5.41) is 14.1. The molecule has 3 rings (SSSR count). The van der Waals surface area contributed by atoms with Gasteiger partial charge in [0.1, 0.15) is 5.75 Å². The Kier molecular flexibility index (Phi) is 5.08. The summed E-state index contributed by atoms with van der Waals surface area (Å²) in [5.41, 5.74) is 8.39. The van der Waals surface area contributed by atoms with E-state index in [1.165, 1.54) is 36.0 Å². The van der Waals surface area contributed by atoms with Crippen LogP contribution in [0.15, 0.2) is 52.6 Å². The number of aliphatic imine (C=N–C) groups is 1. The molecule has 4 N–H and O–H groups in total. The van der Waals surface area contributed by atoms with Crippen LogP contribution in [0.1, 0.15) is 21.5 Å². The second-order valence-corrected chi connectivity index (χ2v) is 6.48. The summed E-state index contributed by atoms with van der Waals surface area (Å²) < 4.78 is 38.3. The highest BCUT2D eigenvalue weighted by atomic mass is 32.2. The van der Waals surface area contributed by atoms with Crippen LogP contribution in [0.4, 0.5) is 18.9 Å². The summed E-state index contributed by atoms with van der Waals surface area (Å²) in [6.07, 6.45) is -4.44. The molecule has 1 aliphatic heterocycles. The van der Waals surface area contributed by atoms with Gasteiger partial charge in [0.05, 0.1) is 22.5 Å². The van der Waals surface area contributed by atoms with Crippen molar-refractivity contribution >= 4 is 34.2 Å². The molecule has 0 bridgehead atoms. The van der Waals surface area contributed by atoms with Crippen LogP contribution in [-0.4, -0.2) is 27.6 Å². The number of amidine groups is 1. The molecular formula is C17H13F3N4O2S. The smallest absolute Gasteiger partial charge is 0.416 e. The number of carbonyl (C=O) groups is 1. The van der Waals surface area contributed by atoms with Crippen molar-refractivity contribution in [1.29, 1.82) is 0 Å². The van der Waals surface area contributed by atoms with Crippen molar-refractivity contribution in [2.45, 2.75) is 6.18 Å². The Balaban J connectivity index is 1.80. The molecule has 0 aromatic heterocycles. The molecule has 0 atom stereocenters. The fraction of sp³-hybridized carbons (Fsp3) is 0.118. The van der Waals surface area contributed by atoms with Crippen LogP contribution in [0.25, 0.3) is 0 Å². The quantitative estimate of drug-likeness (QED) is 0.744. The van der Waals surface area contributed by atoms with E-state index in [2.05, 4.69) is 15.5 Å². The van der Waals surface area contributed by atoms with Crippen LogP contribution in [0.2, 0.25) is 0 Å². The van der Waals surface area contributed by atoms with Gasteiger partial charge in [0.15, 0.2) is 5.17 Å². The number of nitrogens with two attached hydrogens (primary N) is 1. The van der Waals surface area contributed by atoms with Gasteiger partial charge in [-0.25, -0.2) is 4.99 Å². The Morgan fingerprint density at radius 2 is 2.04 bits per heavy atom. The molecule has 0 unspecified atom stereocenters. The number of thioether (sulfide) groups is 1. The van der Waals surface area contributed by atoms with Crippen LogP contribution in [0, 0.1) is 0 Å². The summed E-state index contributed by atoms with van der Waals surface area (Å²) in [6, 6.07) is 9.02. The monoisotopic (exact) mass is 394 g/mol. The number of aromatic hydroxyl groups is 1. The predicted octanol–water partition coefficient (Wildman–Crippen LogP) is 3.24. The number of hydrogen-bond donors (Lipinski definition) is 3. The van der Waals surface area contributed by atoms with Gasteiger partial charge < -0.3 is 10.8 Å². The molecule has 0 radical (unpaired) electrons. The highest BCUT2D eigenvalue weighted by molar-refractivity contribution is 8.14. The molecule has 0 fully saturated rings. The minimum atomic E-state index is -4.44. The molecule has 0 saturated carbocycles. The average molecular weight is 394 g/mol. The van der Waals surface area contributed by atoms with E-state index in [4.69, 9.17) is 5.73 Å². The van der Waals surface area contributed by atoms with Crippen LogP contribution < -0.4 is 11.2 Å². The normalized spacial score (nSPS) is 16.0. The molecule has 10 heteroatoms. The topological polar surface area (TPSA) is 100 Å². The predicted molar refractivity (Wildman–Crippen MR) is 97.3 cm³/mol. The van der Waals surface area contributed by atoms with Gasteiger partial charge in [0, 0.05) is 5.75 Å². The van der Waals surface area contributed by atoms with Gasteiger partial charge in [-0.05, 0) is 42.0 Å². The zero-order valence-corrected chi connectivity index (χ0v) is 14.4. The number of alkyl halides is 3. The molecule has 140 valence electrons. The third-order valence-corrected chi connectivity index (χ3v) is 4.51. The van der Waals surface area contributed by atoms with Gasteiger partial charge in [-0.15, -0.1) is 0 Å². The van der Waals surface area contributed by atoms with E-state index in [9.17, 15) is 23.1 Å². The number of primary amides is 1. The molecule has 1 amide bonds. The largest absolute Gasteiger partial charge is 0.507 e. The SMILES string of the molecule is NC(=O)c1cc(C2=NNC(=Nc3cccc(C(F)(F)F)c3)SC2)ccc1O. The van der Waals surface area contributed by atoms with Crippen molar-refractivity contribution in [2.75, 3.05) is 5.75 Å². The zero-order chi connectivity index (χ0) is 19.6. The Bertz CT molecular complexity index is 957. The van der Waals surface area contributed by atoms with Crippen LogP contribution in [-0.2, 0) is 6.18 Å². The molecular weight excluding hydrogens is 381 g/mol. The van der Waals surface area contributed by atoms with Crippen molar-refractivity contribution in [3.8, 4) is 5.75 Å². The fourth-order valence-corrected chi connectivity index (χ4v) is 3.09. The summed E-state index contributed by atoms with van der Waals surface area (Å²) in [7, 11) is 0. The van der Waals surface area contributed by atoms with Gasteiger partial charge in [-0.2, -0.15) is 18.3 Å². The number of hydrogen-bond acceptors (Lipinski definition) is 5. The minimum Gasteiger partial charge on any atom is -0.507 e. The van der Waals surface area contributed by atoms with Crippen molar-refractivity contribution in [1.82, 2.24) is 5.43 Å². The molecule has 0 saturated heterocycles. The number of nitrogens with zero attached hydrogens (tertiary/aromatic N) is 2. The van der Waals surface area contributed by atoms with E-state index in [-0.39, 0.29) is 17.0 Å². The standard InChI is InChI=1S/C17H13F3N4O2S/c18-17(19,20)10-2-1-3-11(7-10)22-16-24-23-13(8-27-16)9-4-5-14(25)12(6-9)15(21)26/h1-7,25H,8H2,(H2,21,26)(H,22,24). The van der Waals surface area contributed by atoms with Gasteiger partial charge in [0.2, 0.25) is 0 Å². The van der Waals surface area contributed by atoms with E-state index in [0.717, 1.165) is 12.1 Å². The number of nitrogens with one attached hydrogen (secondary N) is 1. The molecule has 0 spiro atoms. The maximum atomic E-state index is 12.8. The van der Waals surface area contributed by atoms with E-state index in [1.54, 1.807) is 6.07 Å². The number of carbonyl (C=O) groups excluding carboxylic acids is 1. The Morgan fingerprint density at radius 1 is 1.26 bits per heavy atom. The number of hydrazone groups is 1. The van der Waals surface area contributed by atoms with Crippen molar-refractivity contribution < 1.29 is 23.1 Å². The summed E-state index contributed by atoms with van der Waals surface area (Å²) in [5.74, 6) is -0.624. The van der Waals surface area contributed by atoms with Crippen molar-refractivity contribution in [3.05, 3.63) is 59.2 Å². The Morgan fingerprint density at radius 3 is 2.67 bits per heavy atom. The van der Waals surface area contributed by atoms with Crippen LogP contribution in [0.3, 0.4) is 0 Å². The Hall–Kier alpha value is -3.01. The molecule has 6 nitrogen and oxygen atoms in total. The summed E-state index contributed by atoms with van der Waals surface area (Å²) in [6.45, 7) is 0. The van der Waals surface area contributed by atoms with Gasteiger partial charge in [0.25, 0.3) is 5.91 Å². The molecule has 0 aliphatic carbocycles. The molecule has 1 aliphatic rings. The number of rotatable bonds is 3. The first kappa shape index (κ1) is 18.8. The second kappa shape index (κ2) is 7.31. The number of phenols is 1. The minimum absolute atomic E-state index is 0.0244. The van der Waals surface area contributed by atoms with Gasteiger partial charge in [-0.1, -0.05) is 17.8 Å². The zero-order valence-electron chi connectivity index (χ0n) is 13.6. The van der Waals surface area contributed by atoms with Gasteiger partial charge in [-0.3, -0.25) is 10.2 Å². The maximum Gasteiger partial charge on any atom is 0.416 e. The van der Waals surface area contributed by atoms with E-state index < -0.39 is 17.6 Å². The first-order valence-corrected chi connectivity index (χ1v) is 8.57. The van der Waals surface area contributed by atoms with E-state index in [0.29, 0.717) is 22.2 Å². The molecule has 2 aromatic rings. The molecule has 1 heterocycles. The average Bonchev–Trinajstić information content (AvgIpc) is 2.62. The highest BCUT2D eigenvalue weighted by Gasteiger charge is 2.30. The highest BCUT2D eigenvalue weighted by Crippen LogP contribution is 2.31. The lowest BCUT2D eigenvalue weighted by Crippen LogP contribution is -2.25. The number of amides is 1. The van der Waals surface area contributed by atoms with Crippen molar-refractivity contribution in [3.63, 3.8) is 0 Å². The lowest BCUT2D eigenvalue weighted by Gasteiger charge is -2.15. The fourth-order valence-electron chi connectivity index (χ4n) is 2.30. The third-order valence-electron chi connectivity index (χ3n) is 3.63. The van der Waals surface area contributed by atoms with Crippen molar-refractivity contribution in [2.24, 2.45) is 15.8 Å². The maximum absolute atomic E-state index is 12.8. The Labute approximate surface area is 156 Å². The molecule has 2 aromatic carbocycles. The first-order chi connectivity index (χ1) is 12.7. The second-order valence-electron chi connectivity index (χ2n) is 5.52. The molecule has 27 heavy (non-hydrogen) atoms. The lowest BCUT2D eigenvalue weighted by molar-refractivity contribution is -0.137. The lowest BCUT2D eigenvalue weighted by atomic mass is 10.1. The van der Waals surface area contributed by atoms with Gasteiger partial charge >= 0.3 is 6.18 Å². The summed E-state index contributed by atoms with van der Waals surface area (Å²) in [4.78, 5) is 15.4. The first-order valence-electron chi connectivity index (χ1n) is 7.58. The van der Waals surface area contributed by atoms with Crippen LogP contribution in [0.5, 0.6) is 5.75 Å². The van der Waals surface area contributed by atoms with Crippen LogP contribution >= 0.6 is 11.8 Å². The number of benzene rings is 2. The van der Waals surface area contributed by atoms with E-state index >= 15 is 0 Å². The third kappa shape index (κ3) is 4.40. The van der Waals surface area contributed by atoms with E-state index in [1.807, 2.05) is 0 Å².